The van der Waals surface area contributed by atoms with Crippen molar-refractivity contribution in [1.29, 1.82) is 0 Å². The number of nitrogens with zero attached hydrogens (tertiary/aromatic N) is 2. The van der Waals surface area contributed by atoms with E-state index in [4.69, 9.17) is 0 Å². The topological polar surface area (TPSA) is 73.1 Å². The zero-order chi connectivity index (χ0) is 22.3. The van der Waals surface area contributed by atoms with Gasteiger partial charge in [-0.1, -0.05) is 44.2 Å². The van der Waals surface area contributed by atoms with Gasteiger partial charge in [0, 0.05) is 7.05 Å². The van der Waals surface area contributed by atoms with Crippen LogP contribution in [0.1, 0.15) is 31.0 Å². The predicted molar refractivity (Wildman–Crippen MR) is 107 cm³/mol. The van der Waals surface area contributed by atoms with Crippen LogP contribution in [0.5, 0.6) is 0 Å². The minimum atomic E-state index is -4.87. The van der Waals surface area contributed by atoms with Crippen molar-refractivity contribution in [2.24, 2.45) is 7.05 Å². The summed E-state index contributed by atoms with van der Waals surface area (Å²) in [4.78, 5) is 12.2. The van der Waals surface area contributed by atoms with Crippen LogP contribution in [0.3, 0.4) is 0 Å². The third kappa shape index (κ3) is 3.87. The van der Waals surface area contributed by atoms with Crippen molar-refractivity contribution in [3.05, 3.63) is 76.2 Å². The van der Waals surface area contributed by atoms with Crippen molar-refractivity contribution in [2.75, 3.05) is 4.72 Å². The Labute approximate surface area is 171 Å². The summed E-state index contributed by atoms with van der Waals surface area (Å²) in [5, 5.41) is 0. The molecule has 0 spiro atoms. The van der Waals surface area contributed by atoms with Gasteiger partial charge in [-0.25, -0.2) is 13.1 Å². The molecule has 0 aliphatic rings. The number of halogens is 3. The molecule has 2 aromatic carbocycles. The standard InChI is InChI=1S/C20H20F3N3O3S/c1-13(2)18-17(19(27)26(25(18)3)14-9-5-4-6-10-14)24-30(28,29)16-12-8-7-11-15(16)20(21,22)23/h4-13,24H,1-3H3. The molecule has 30 heavy (non-hydrogen) atoms. The van der Waals surface area contributed by atoms with Crippen molar-refractivity contribution in [1.82, 2.24) is 9.36 Å². The molecule has 3 aromatic rings. The molecular weight excluding hydrogens is 419 g/mol. The molecule has 0 bridgehead atoms. The van der Waals surface area contributed by atoms with Crippen LogP contribution in [0, 0.1) is 0 Å². The molecule has 3 rings (SSSR count). The molecular formula is C20H20F3N3O3S. The zero-order valence-corrected chi connectivity index (χ0v) is 17.3. The first-order valence-corrected chi connectivity index (χ1v) is 10.5. The number of para-hydroxylation sites is 1. The van der Waals surface area contributed by atoms with Crippen LogP contribution in [0.15, 0.2) is 64.3 Å². The van der Waals surface area contributed by atoms with E-state index in [-0.39, 0.29) is 11.6 Å². The molecule has 0 amide bonds. The highest BCUT2D eigenvalue weighted by molar-refractivity contribution is 7.92. The third-order valence-corrected chi connectivity index (χ3v) is 5.98. The van der Waals surface area contributed by atoms with Crippen LogP contribution in [0.25, 0.3) is 5.69 Å². The molecule has 0 saturated carbocycles. The van der Waals surface area contributed by atoms with Gasteiger partial charge in [-0.3, -0.25) is 14.2 Å². The van der Waals surface area contributed by atoms with Crippen molar-refractivity contribution < 1.29 is 21.6 Å². The molecule has 1 aromatic heterocycles. The largest absolute Gasteiger partial charge is 0.417 e. The van der Waals surface area contributed by atoms with Gasteiger partial charge in [0.1, 0.15) is 5.69 Å². The van der Waals surface area contributed by atoms with Crippen LogP contribution < -0.4 is 10.3 Å². The maximum absolute atomic E-state index is 13.3. The monoisotopic (exact) mass is 439 g/mol. The molecule has 0 atom stereocenters. The highest BCUT2D eigenvalue weighted by Gasteiger charge is 2.37. The first kappa shape index (κ1) is 21.7. The number of rotatable bonds is 5. The SMILES string of the molecule is CC(C)c1c(NS(=O)(=O)c2ccccc2C(F)(F)F)c(=O)n(-c2ccccc2)n1C. The van der Waals surface area contributed by atoms with Gasteiger partial charge < -0.3 is 0 Å². The van der Waals surface area contributed by atoms with Gasteiger partial charge in [0.15, 0.2) is 0 Å². The molecule has 1 heterocycles. The fraction of sp³-hybridized carbons (Fsp3) is 0.250. The van der Waals surface area contributed by atoms with Crippen LogP contribution in [-0.2, 0) is 23.2 Å². The number of anilines is 1. The van der Waals surface area contributed by atoms with Crippen molar-refractivity contribution in [3.63, 3.8) is 0 Å². The minimum Gasteiger partial charge on any atom is -0.283 e. The number of hydrogen-bond donors (Lipinski definition) is 1. The minimum absolute atomic E-state index is 0.284. The lowest BCUT2D eigenvalue weighted by Crippen LogP contribution is -2.24. The maximum Gasteiger partial charge on any atom is 0.417 e. The quantitative estimate of drug-likeness (QED) is 0.650. The van der Waals surface area contributed by atoms with E-state index >= 15 is 0 Å². The molecule has 6 nitrogen and oxygen atoms in total. The Kier molecular flexibility index (Phi) is 5.55. The number of nitrogens with one attached hydrogen (secondary N) is 1. The van der Waals surface area contributed by atoms with Gasteiger partial charge in [0.25, 0.3) is 15.6 Å². The molecule has 1 N–H and O–H groups in total. The second-order valence-electron chi connectivity index (χ2n) is 6.99. The first-order valence-electron chi connectivity index (χ1n) is 9.01. The average Bonchev–Trinajstić information content (AvgIpc) is 2.91. The Balaban J connectivity index is 2.20. The number of sulfonamides is 1. The molecule has 0 radical (unpaired) electrons. The maximum atomic E-state index is 13.3. The van der Waals surface area contributed by atoms with Crippen molar-refractivity contribution >= 4 is 15.7 Å². The zero-order valence-electron chi connectivity index (χ0n) is 16.4. The van der Waals surface area contributed by atoms with Crippen LogP contribution in [0.4, 0.5) is 18.9 Å². The predicted octanol–water partition coefficient (Wildman–Crippen LogP) is 4.12. The van der Waals surface area contributed by atoms with Gasteiger partial charge in [0.2, 0.25) is 0 Å². The van der Waals surface area contributed by atoms with Gasteiger partial charge in [-0.15, -0.1) is 0 Å². The summed E-state index contributed by atoms with van der Waals surface area (Å²) < 4.78 is 70.6. The van der Waals surface area contributed by atoms with E-state index in [9.17, 15) is 26.4 Å². The van der Waals surface area contributed by atoms with E-state index in [1.165, 1.54) is 15.4 Å². The summed E-state index contributed by atoms with van der Waals surface area (Å²) in [5.41, 5.74) is -1.43. The molecule has 0 aliphatic heterocycles. The fourth-order valence-corrected chi connectivity index (χ4v) is 4.67. The molecule has 160 valence electrons. The Morgan fingerprint density at radius 2 is 1.53 bits per heavy atom. The Bertz CT molecular complexity index is 1230. The van der Waals surface area contributed by atoms with Crippen molar-refractivity contribution in [2.45, 2.75) is 30.8 Å². The van der Waals surface area contributed by atoms with Gasteiger partial charge in [0.05, 0.1) is 21.8 Å². The second kappa shape index (κ2) is 7.67. The summed E-state index contributed by atoms with van der Waals surface area (Å²) in [6.07, 6.45) is -4.87. The summed E-state index contributed by atoms with van der Waals surface area (Å²) >= 11 is 0. The van der Waals surface area contributed by atoms with Gasteiger partial charge in [-0.2, -0.15) is 13.2 Å². The highest BCUT2D eigenvalue weighted by Crippen LogP contribution is 2.35. The van der Waals surface area contributed by atoms with E-state index in [1.807, 2.05) is 0 Å². The molecule has 10 heteroatoms. The Morgan fingerprint density at radius 1 is 0.967 bits per heavy atom. The van der Waals surface area contributed by atoms with Crippen LogP contribution >= 0.6 is 0 Å². The second-order valence-corrected chi connectivity index (χ2v) is 8.64. The summed E-state index contributed by atoms with van der Waals surface area (Å²) in [6.45, 7) is 3.51. The normalized spacial score (nSPS) is 12.4. The number of aromatic nitrogens is 2. The number of benzene rings is 2. The van der Waals surface area contributed by atoms with E-state index < -0.39 is 32.2 Å². The van der Waals surface area contributed by atoms with Crippen molar-refractivity contribution in [3.8, 4) is 5.69 Å². The summed E-state index contributed by atoms with van der Waals surface area (Å²) in [5.74, 6) is -0.289. The van der Waals surface area contributed by atoms with Crippen LogP contribution in [-0.4, -0.2) is 17.8 Å². The Hall–Kier alpha value is -3.01. The van der Waals surface area contributed by atoms with E-state index in [0.717, 1.165) is 12.1 Å². The van der Waals surface area contributed by atoms with E-state index in [1.54, 1.807) is 51.2 Å². The lowest BCUT2D eigenvalue weighted by Gasteiger charge is -2.15. The molecule has 0 unspecified atom stereocenters. The average molecular weight is 439 g/mol. The Morgan fingerprint density at radius 3 is 2.10 bits per heavy atom. The summed E-state index contributed by atoms with van der Waals surface area (Å²) in [6, 6.07) is 12.4. The lowest BCUT2D eigenvalue weighted by molar-refractivity contribution is -0.139. The lowest BCUT2D eigenvalue weighted by atomic mass is 10.1. The number of alkyl halides is 3. The van der Waals surface area contributed by atoms with Gasteiger partial charge >= 0.3 is 6.18 Å². The van der Waals surface area contributed by atoms with E-state index in [0.29, 0.717) is 17.4 Å². The first-order chi connectivity index (χ1) is 13.9. The van der Waals surface area contributed by atoms with E-state index in [2.05, 4.69) is 4.72 Å². The van der Waals surface area contributed by atoms with Crippen LogP contribution in [0.2, 0.25) is 0 Å². The number of hydrogen-bond acceptors (Lipinski definition) is 3. The summed E-state index contributed by atoms with van der Waals surface area (Å²) in [7, 11) is -3.10. The smallest absolute Gasteiger partial charge is 0.283 e. The highest BCUT2D eigenvalue weighted by atomic mass is 32.2. The third-order valence-electron chi connectivity index (χ3n) is 4.58. The molecule has 0 fully saturated rings. The molecule has 0 aliphatic carbocycles. The molecule has 0 saturated heterocycles. The van der Waals surface area contributed by atoms with Gasteiger partial charge in [-0.05, 0) is 30.2 Å². The fourth-order valence-electron chi connectivity index (χ4n) is 3.36.